The molecule has 20 heavy (non-hydrogen) atoms. The van der Waals surface area contributed by atoms with Crippen LogP contribution in [0.25, 0.3) is 0 Å². The maximum Gasteiger partial charge on any atom is 0.416 e. The smallest absolute Gasteiger partial charge is 0.416 e. The molecule has 0 aromatic heterocycles. The number of aliphatic carboxylic acids is 1. The minimum atomic E-state index is -4.38. The number of rotatable bonds is 2. The molecule has 1 saturated heterocycles. The number of piperidine rings is 1. The van der Waals surface area contributed by atoms with Gasteiger partial charge in [-0.1, -0.05) is 18.2 Å². The molecule has 0 amide bonds. The van der Waals surface area contributed by atoms with Crippen molar-refractivity contribution in [2.45, 2.75) is 37.4 Å². The van der Waals surface area contributed by atoms with Gasteiger partial charge in [-0.15, -0.1) is 0 Å². The summed E-state index contributed by atoms with van der Waals surface area (Å²) in [5.41, 5.74) is -1.23. The predicted octanol–water partition coefficient (Wildman–Crippen LogP) is 3.02. The zero-order valence-electron chi connectivity index (χ0n) is 11.0. The van der Waals surface area contributed by atoms with E-state index in [1.807, 2.05) is 0 Å². The van der Waals surface area contributed by atoms with Crippen LogP contribution < -0.4 is 5.32 Å². The molecule has 1 heterocycles. The van der Waals surface area contributed by atoms with E-state index in [2.05, 4.69) is 5.32 Å². The van der Waals surface area contributed by atoms with Crippen molar-refractivity contribution in [3.05, 3.63) is 35.4 Å². The van der Waals surface area contributed by atoms with E-state index in [-0.39, 0.29) is 12.3 Å². The van der Waals surface area contributed by atoms with Gasteiger partial charge in [0.15, 0.2) is 0 Å². The summed E-state index contributed by atoms with van der Waals surface area (Å²) in [5.74, 6) is -1.16. The number of carbonyl (C=O) groups is 1. The number of carboxylic acids is 1. The highest BCUT2D eigenvalue weighted by Gasteiger charge is 2.39. The van der Waals surface area contributed by atoms with Crippen LogP contribution in [0.15, 0.2) is 24.3 Å². The van der Waals surface area contributed by atoms with Crippen molar-refractivity contribution in [3.8, 4) is 0 Å². The topological polar surface area (TPSA) is 49.3 Å². The second-order valence-corrected chi connectivity index (χ2v) is 5.38. The van der Waals surface area contributed by atoms with Gasteiger partial charge < -0.3 is 10.4 Å². The Kier molecular flexibility index (Phi) is 3.77. The minimum absolute atomic E-state index is 0.181. The van der Waals surface area contributed by atoms with E-state index < -0.39 is 23.2 Å². The van der Waals surface area contributed by atoms with E-state index in [0.29, 0.717) is 18.5 Å². The summed E-state index contributed by atoms with van der Waals surface area (Å²) in [6.07, 6.45) is -3.47. The maximum atomic E-state index is 12.7. The van der Waals surface area contributed by atoms with Crippen molar-refractivity contribution in [2.24, 2.45) is 0 Å². The van der Waals surface area contributed by atoms with E-state index in [0.717, 1.165) is 12.1 Å². The van der Waals surface area contributed by atoms with Gasteiger partial charge in [-0.2, -0.15) is 13.2 Å². The highest BCUT2D eigenvalue weighted by Crippen LogP contribution is 2.36. The summed E-state index contributed by atoms with van der Waals surface area (Å²) in [7, 11) is 0. The van der Waals surface area contributed by atoms with Crippen LogP contribution in [0.2, 0.25) is 0 Å². The number of nitrogens with one attached hydrogen (secondary N) is 1. The van der Waals surface area contributed by atoms with Crippen LogP contribution in [0.5, 0.6) is 0 Å². The highest BCUT2D eigenvalue weighted by molar-refractivity contribution is 5.78. The molecule has 0 bridgehead atoms. The Morgan fingerprint density at radius 1 is 1.45 bits per heavy atom. The maximum absolute atomic E-state index is 12.7. The molecule has 2 atom stereocenters. The lowest BCUT2D eigenvalue weighted by Crippen LogP contribution is -2.53. The standard InChI is InChI=1S/C14H16F3NO2/c1-13(12(19)20)8-10(5-6-18-13)9-3-2-4-11(7-9)14(15,16)17/h2-4,7,10,18H,5-6,8H2,1H3,(H,19,20). The molecule has 3 nitrogen and oxygen atoms in total. The molecule has 110 valence electrons. The molecule has 1 aliphatic heterocycles. The zero-order chi connectivity index (χ0) is 15.0. The molecule has 1 aromatic rings. The molecular formula is C14H16F3NO2. The molecule has 2 unspecified atom stereocenters. The number of benzene rings is 1. The van der Waals surface area contributed by atoms with Crippen molar-refractivity contribution in [1.29, 1.82) is 0 Å². The van der Waals surface area contributed by atoms with Gasteiger partial charge in [0.25, 0.3) is 0 Å². The Morgan fingerprint density at radius 2 is 2.15 bits per heavy atom. The summed E-state index contributed by atoms with van der Waals surface area (Å²) < 4.78 is 38.1. The molecule has 2 rings (SSSR count). The Labute approximate surface area is 114 Å². The van der Waals surface area contributed by atoms with Crippen LogP contribution in [0.4, 0.5) is 13.2 Å². The summed E-state index contributed by atoms with van der Waals surface area (Å²) in [6.45, 7) is 2.04. The molecule has 6 heteroatoms. The fraction of sp³-hybridized carbons (Fsp3) is 0.500. The highest BCUT2D eigenvalue weighted by atomic mass is 19.4. The van der Waals surface area contributed by atoms with E-state index in [1.54, 1.807) is 13.0 Å². The van der Waals surface area contributed by atoms with Crippen LogP contribution in [0.1, 0.15) is 36.8 Å². The molecule has 0 spiro atoms. The first kappa shape index (κ1) is 14.8. The van der Waals surface area contributed by atoms with E-state index in [9.17, 15) is 23.1 Å². The molecule has 1 aromatic carbocycles. The van der Waals surface area contributed by atoms with Crippen LogP contribution in [0.3, 0.4) is 0 Å². The van der Waals surface area contributed by atoms with Crippen molar-refractivity contribution in [2.75, 3.05) is 6.54 Å². The molecule has 1 aliphatic rings. The largest absolute Gasteiger partial charge is 0.480 e. The quantitative estimate of drug-likeness (QED) is 0.879. The second kappa shape index (κ2) is 5.09. The Morgan fingerprint density at radius 3 is 2.75 bits per heavy atom. The van der Waals surface area contributed by atoms with Gasteiger partial charge in [0.1, 0.15) is 5.54 Å². The minimum Gasteiger partial charge on any atom is -0.480 e. The monoisotopic (exact) mass is 287 g/mol. The Balaban J connectivity index is 2.26. The lowest BCUT2D eigenvalue weighted by Gasteiger charge is -2.36. The first-order chi connectivity index (χ1) is 9.22. The van der Waals surface area contributed by atoms with Crippen molar-refractivity contribution in [1.82, 2.24) is 5.32 Å². The van der Waals surface area contributed by atoms with Gasteiger partial charge in [0.05, 0.1) is 5.56 Å². The summed E-state index contributed by atoms with van der Waals surface area (Å²) in [5, 5.41) is 12.1. The first-order valence-corrected chi connectivity index (χ1v) is 6.38. The molecule has 2 N–H and O–H groups in total. The van der Waals surface area contributed by atoms with Crippen molar-refractivity contribution < 1.29 is 23.1 Å². The molecule has 0 saturated carbocycles. The molecule has 0 aliphatic carbocycles. The molecule has 1 fully saturated rings. The average Bonchev–Trinajstić information content (AvgIpc) is 2.38. The summed E-state index contributed by atoms with van der Waals surface area (Å²) >= 11 is 0. The zero-order valence-corrected chi connectivity index (χ0v) is 11.0. The third kappa shape index (κ3) is 2.95. The molecule has 0 radical (unpaired) electrons. The number of alkyl halides is 3. The number of carboxylic acid groups (broad SMARTS) is 1. The van der Waals surface area contributed by atoms with E-state index >= 15 is 0 Å². The van der Waals surface area contributed by atoms with Crippen molar-refractivity contribution >= 4 is 5.97 Å². The van der Waals surface area contributed by atoms with Crippen LogP contribution in [-0.2, 0) is 11.0 Å². The lowest BCUT2D eigenvalue weighted by atomic mass is 9.79. The molecular weight excluding hydrogens is 271 g/mol. The van der Waals surface area contributed by atoms with Gasteiger partial charge in [0, 0.05) is 0 Å². The fourth-order valence-corrected chi connectivity index (χ4v) is 2.61. The van der Waals surface area contributed by atoms with E-state index in [1.165, 1.54) is 6.07 Å². The Bertz CT molecular complexity index is 515. The SMILES string of the molecule is CC1(C(=O)O)CC(c2cccc(C(F)(F)F)c2)CCN1. The van der Waals surface area contributed by atoms with Crippen LogP contribution >= 0.6 is 0 Å². The fourth-order valence-electron chi connectivity index (χ4n) is 2.61. The Hall–Kier alpha value is -1.56. The summed E-state index contributed by atoms with van der Waals surface area (Å²) in [4.78, 5) is 11.2. The third-order valence-electron chi connectivity index (χ3n) is 3.82. The first-order valence-electron chi connectivity index (χ1n) is 6.38. The van der Waals surface area contributed by atoms with Crippen molar-refractivity contribution in [3.63, 3.8) is 0 Å². The van der Waals surface area contributed by atoms with Crippen LogP contribution in [-0.4, -0.2) is 23.2 Å². The van der Waals surface area contributed by atoms with Gasteiger partial charge in [-0.05, 0) is 43.9 Å². The number of halogens is 3. The van der Waals surface area contributed by atoms with Gasteiger partial charge in [0.2, 0.25) is 0 Å². The van der Waals surface area contributed by atoms with E-state index in [4.69, 9.17) is 0 Å². The third-order valence-corrected chi connectivity index (χ3v) is 3.82. The predicted molar refractivity (Wildman–Crippen MR) is 67.5 cm³/mol. The van der Waals surface area contributed by atoms with Gasteiger partial charge in [-0.3, -0.25) is 4.79 Å². The van der Waals surface area contributed by atoms with Gasteiger partial charge in [-0.25, -0.2) is 0 Å². The average molecular weight is 287 g/mol. The van der Waals surface area contributed by atoms with Gasteiger partial charge >= 0.3 is 12.1 Å². The van der Waals surface area contributed by atoms with Crippen LogP contribution in [0, 0.1) is 0 Å². The summed E-state index contributed by atoms with van der Waals surface area (Å²) in [6, 6.07) is 5.16. The number of hydrogen-bond donors (Lipinski definition) is 2. The number of hydrogen-bond acceptors (Lipinski definition) is 2. The second-order valence-electron chi connectivity index (χ2n) is 5.38. The lowest BCUT2D eigenvalue weighted by molar-refractivity contribution is -0.145. The normalized spacial score (nSPS) is 27.3.